The Hall–Kier alpha value is -2.19. The van der Waals surface area contributed by atoms with Crippen molar-refractivity contribution in [2.24, 2.45) is 0 Å². The summed E-state index contributed by atoms with van der Waals surface area (Å²) in [5.74, 6) is 0. The van der Waals surface area contributed by atoms with Gasteiger partial charge in [-0.15, -0.1) is 0 Å². The number of hydrogen-bond acceptors (Lipinski definition) is 2. The SMILES string of the molecule is CCc1ccc(C(O)c2ccc3ccccc3n2)cc1. The second-order valence-electron chi connectivity index (χ2n) is 4.93. The molecule has 2 heteroatoms. The van der Waals surface area contributed by atoms with E-state index >= 15 is 0 Å². The van der Waals surface area contributed by atoms with Crippen LogP contribution in [0.3, 0.4) is 0 Å². The fraction of sp³-hybridized carbons (Fsp3) is 0.167. The molecule has 1 heterocycles. The predicted octanol–water partition coefficient (Wildman–Crippen LogP) is 3.88. The molecular weight excluding hydrogens is 246 g/mol. The van der Waals surface area contributed by atoms with E-state index in [4.69, 9.17) is 0 Å². The van der Waals surface area contributed by atoms with Crippen molar-refractivity contribution in [1.82, 2.24) is 4.98 Å². The van der Waals surface area contributed by atoms with E-state index in [1.165, 1.54) is 5.56 Å². The van der Waals surface area contributed by atoms with Crippen molar-refractivity contribution in [3.8, 4) is 0 Å². The molecule has 3 aromatic rings. The van der Waals surface area contributed by atoms with Crippen LogP contribution in [-0.4, -0.2) is 10.1 Å². The van der Waals surface area contributed by atoms with Gasteiger partial charge >= 0.3 is 0 Å². The van der Waals surface area contributed by atoms with Crippen LogP contribution in [0.2, 0.25) is 0 Å². The van der Waals surface area contributed by atoms with Gasteiger partial charge in [-0.05, 0) is 29.7 Å². The first-order valence-electron chi connectivity index (χ1n) is 6.90. The molecule has 0 saturated carbocycles. The van der Waals surface area contributed by atoms with Gasteiger partial charge in [-0.25, -0.2) is 4.98 Å². The molecule has 1 unspecified atom stereocenters. The summed E-state index contributed by atoms with van der Waals surface area (Å²) in [5, 5.41) is 11.5. The van der Waals surface area contributed by atoms with Crippen LogP contribution in [0.4, 0.5) is 0 Å². The summed E-state index contributed by atoms with van der Waals surface area (Å²) in [6.45, 7) is 2.12. The van der Waals surface area contributed by atoms with Crippen LogP contribution >= 0.6 is 0 Å². The molecule has 0 spiro atoms. The van der Waals surface area contributed by atoms with Gasteiger partial charge in [0.2, 0.25) is 0 Å². The lowest BCUT2D eigenvalue weighted by atomic mass is 10.0. The molecule has 2 aromatic carbocycles. The molecule has 0 aliphatic heterocycles. The third kappa shape index (κ3) is 2.43. The fourth-order valence-corrected chi connectivity index (χ4v) is 2.34. The molecule has 0 fully saturated rings. The number of hydrogen-bond donors (Lipinski definition) is 1. The van der Waals surface area contributed by atoms with E-state index in [2.05, 4.69) is 24.0 Å². The molecule has 0 saturated heterocycles. The Morgan fingerprint density at radius 3 is 2.45 bits per heavy atom. The highest BCUT2D eigenvalue weighted by atomic mass is 16.3. The second kappa shape index (κ2) is 5.43. The minimum absolute atomic E-state index is 0.675. The maximum atomic E-state index is 10.5. The van der Waals surface area contributed by atoms with Crippen molar-refractivity contribution < 1.29 is 5.11 Å². The van der Waals surface area contributed by atoms with Crippen LogP contribution < -0.4 is 0 Å². The highest BCUT2D eigenvalue weighted by Crippen LogP contribution is 2.23. The number of fused-ring (bicyclic) bond motifs is 1. The highest BCUT2D eigenvalue weighted by molar-refractivity contribution is 5.78. The lowest BCUT2D eigenvalue weighted by Crippen LogP contribution is -2.02. The molecule has 100 valence electrons. The van der Waals surface area contributed by atoms with Crippen molar-refractivity contribution in [2.75, 3.05) is 0 Å². The van der Waals surface area contributed by atoms with E-state index < -0.39 is 6.10 Å². The summed E-state index contributed by atoms with van der Waals surface area (Å²) in [7, 11) is 0. The topological polar surface area (TPSA) is 33.1 Å². The van der Waals surface area contributed by atoms with Gasteiger partial charge in [-0.1, -0.05) is 55.5 Å². The average molecular weight is 263 g/mol. The minimum Gasteiger partial charge on any atom is -0.382 e. The molecule has 1 N–H and O–H groups in total. The summed E-state index contributed by atoms with van der Waals surface area (Å²) in [6, 6.07) is 19.9. The van der Waals surface area contributed by atoms with Gasteiger partial charge in [0.25, 0.3) is 0 Å². The van der Waals surface area contributed by atoms with E-state index in [9.17, 15) is 5.11 Å². The summed E-state index contributed by atoms with van der Waals surface area (Å²) < 4.78 is 0. The Kier molecular flexibility index (Phi) is 3.48. The molecule has 1 atom stereocenters. The zero-order valence-electron chi connectivity index (χ0n) is 11.5. The minimum atomic E-state index is -0.675. The predicted molar refractivity (Wildman–Crippen MR) is 81.6 cm³/mol. The van der Waals surface area contributed by atoms with Crippen LogP contribution in [0.25, 0.3) is 10.9 Å². The third-order valence-corrected chi connectivity index (χ3v) is 3.60. The number of aromatic nitrogens is 1. The smallest absolute Gasteiger partial charge is 0.121 e. The van der Waals surface area contributed by atoms with Crippen LogP contribution in [0.1, 0.15) is 29.8 Å². The van der Waals surface area contributed by atoms with E-state index in [1.54, 1.807) is 0 Å². The van der Waals surface area contributed by atoms with Gasteiger partial charge in [0.15, 0.2) is 0 Å². The quantitative estimate of drug-likeness (QED) is 0.778. The van der Waals surface area contributed by atoms with Gasteiger partial charge in [-0.3, -0.25) is 0 Å². The average Bonchev–Trinajstić information content (AvgIpc) is 2.54. The number of nitrogens with zero attached hydrogens (tertiary/aromatic N) is 1. The summed E-state index contributed by atoms with van der Waals surface area (Å²) >= 11 is 0. The standard InChI is InChI=1S/C18H17NO/c1-2-13-7-9-15(10-8-13)18(20)17-12-11-14-5-3-4-6-16(14)19-17/h3-12,18,20H,2H2,1H3. The van der Waals surface area contributed by atoms with Crippen molar-refractivity contribution in [3.05, 3.63) is 77.5 Å². The fourth-order valence-electron chi connectivity index (χ4n) is 2.34. The Balaban J connectivity index is 1.96. The van der Waals surface area contributed by atoms with Gasteiger partial charge in [-0.2, -0.15) is 0 Å². The summed E-state index contributed by atoms with van der Waals surface area (Å²) in [4.78, 5) is 4.54. The molecule has 0 aliphatic carbocycles. The number of aryl methyl sites for hydroxylation is 1. The lowest BCUT2D eigenvalue weighted by Gasteiger charge is -2.12. The number of rotatable bonds is 3. The largest absolute Gasteiger partial charge is 0.382 e. The zero-order chi connectivity index (χ0) is 13.9. The van der Waals surface area contributed by atoms with Crippen molar-refractivity contribution in [1.29, 1.82) is 0 Å². The molecule has 0 aliphatic rings. The first kappa shape index (κ1) is 12.8. The number of benzene rings is 2. The molecule has 0 amide bonds. The second-order valence-corrected chi connectivity index (χ2v) is 4.93. The van der Waals surface area contributed by atoms with Crippen molar-refractivity contribution >= 4 is 10.9 Å². The maximum absolute atomic E-state index is 10.5. The van der Waals surface area contributed by atoms with E-state index in [1.807, 2.05) is 48.5 Å². The molecule has 2 nitrogen and oxygen atoms in total. The van der Waals surface area contributed by atoms with Crippen molar-refractivity contribution in [2.45, 2.75) is 19.4 Å². The number of aliphatic hydroxyl groups is 1. The summed E-state index contributed by atoms with van der Waals surface area (Å²) in [5.41, 5.74) is 3.75. The molecule has 20 heavy (non-hydrogen) atoms. The van der Waals surface area contributed by atoms with Gasteiger partial charge < -0.3 is 5.11 Å². The van der Waals surface area contributed by atoms with Gasteiger partial charge in [0.05, 0.1) is 11.2 Å². The summed E-state index contributed by atoms with van der Waals surface area (Å²) in [6.07, 6.45) is 0.329. The van der Waals surface area contributed by atoms with Gasteiger partial charge in [0.1, 0.15) is 6.10 Å². The molecule has 0 radical (unpaired) electrons. The van der Waals surface area contributed by atoms with E-state index in [0.717, 1.165) is 22.9 Å². The highest BCUT2D eigenvalue weighted by Gasteiger charge is 2.12. The molecular formula is C18H17NO. The Morgan fingerprint density at radius 1 is 0.950 bits per heavy atom. The molecule has 3 rings (SSSR count). The van der Waals surface area contributed by atoms with E-state index in [-0.39, 0.29) is 0 Å². The van der Waals surface area contributed by atoms with Crippen LogP contribution in [-0.2, 0) is 6.42 Å². The van der Waals surface area contributed by atoms with Crippen LogP contribution in [0, 0.1) is 0 Å². The number of pyridine rings is 1. The van der Waals surface area contributed by atoms with Crippen LogP contribution in [0.5, 0.6) is 0 Å². The number of para-hydroxylation sites is 1. The first-order valence-corrected chi connectivity index (χ1v) is 6.90. The lowest BCUT2D eigenvalue weighted by molar-refractivity contribution is 0.216. The zero-order valence-corrected chi connectivity index (χ0v) is 11.5. The molecule has 1 aromatic heterocycles. The monoisotopic (exact) mass is 263 g/mol. The van der Waals surface area contributed by atoms with Crippen LogP contribution in [0.15, 0.2) is 60.7 Å². The van der Waals surface area contributed by atoms with Gasteiger partial charge in [0, 0.05) is 5.39 Å². The molecule has 0 bridgehead atoms. The first-order chi connectivity index (χ1) is 9.78. The Bertz CT molecular complexity index is 719. The van der Waals surface area contributed by atoms with Crippen molar-refractivity contribution in [3.63, 3.8) is 0 Å². The number of aliphatic hydroxyl groups excluding tert-OH is 1. The van der Waals surface area contributed by atoms with E-state index in [0.29, 0.717) is 5.69 Å². The normalized spacial score (nSPS) is 12.5. The Morgan fingerprint density at radius 2 is 1.70 bits per heavy atom. The Labute approximate surface area is 118 Å². The maximum Gasteiger partial charge on any atom is 0.121 e. The third-order valence-electron chi connectivity index (χ3n) is 3.60.